The number of carbonyl (C=O) groups is 2. The van der Waals surface area contributed by atoms with Crippen molar-refractivity contribution in [1.82, 2.24) is 4.90 Å². The Labute approximate surface area is 124 Å². The highest BCUT2D eigenvalue weighted by atomic mass is 16.5. The molecule has 0 fully saturated rings. The molecular weight excluding hydrogens is 270 g/mol. The van der Waals surface area contributed by atoms with Crippen molar-refractivity contribution in [1.29, 1.82) is 5.41 Å². The summed E-state index contributed by atoms with van der Waals surface area (Å²) in [6.45, 7) is 1.88. The Hall–Kier alpha value is -2.37. The van der Waals surface area contributed by atoms with Crippen LogP contribution in [0.25, 0.3) is 0 Å². The van der Waals surface area contributed by atoms with Crippen LogP contribution in [0, 0.1) is 5.41 Å². The first-order chi connectivity index (χ1) is 9.95. The van der Waals surface area contributed by atoms with E-state index in [0.29, 0.717) is 0 Å². The number of rotatable bonds is 7. The summed E-state index contributed by atoms with van der Waals surface area (Å²) >= 11 is 0. The van der Waals surface area contributed by atoms with Crippen molar-refractivity contribution < 1.29 is 14.3 Å². The molecule has 1 aromatic rings. The second-order valence-corrected chi connectivity index (χ2v) is 4.70. The molecule has 0 aliphatic heterocycles. The standard InChI is InChI=1S/C15H21N3O3/c1-4-21-15(20)12(16)10-13(14(19)18(2)3)17-11-8-6-5-7-9-11/h5-9,13,16-17H,4,10H2,1-3H3. The van der Waals surface area contributed by atoms with Gasteiger partial charge in [0.25, 0.3) is 0 Å². The molecule has 0 heterocycles. The number of benzene rings is 1. The van der Waals surface area contributed by atoms with Crippen molar-refractivity contribution in [3.8, 4) is 0 Å². The molecule has 1 aromatic carbocycles. The predicted octanol–water partition coefficient (Wildman–Crippen LogP) is 1.53. The molecule has 114 valence electrons. The Bertz CT molecular complexity index is 500. The zero-order valence-electron chi connectivity index (χ0n) is 12.6. The number of nitrogens with one attached hydrogen (secondary N) is 2. The average molecular weight is 291 g/mol. The van der Waals surface area contributed by atoms with Gasteiger partial charge < -0.3 is 15.0 Å². The van der Waals surface area contributed by atoms with Gasteiger partial charge in [-0.25, -0.2) is 4.79 Å². The van der Waals surface area contributed by atoms with E-state index in [1.54, 1.807) is 21.0 Å². The summed E-state index contributed by atoms with van der Waals surface area (Å²) in [6, 6.07) is 8.52. The van der Waals surface area contributed by atoms with Crippen LogP contribution in [-0.2, 0) is 14.3 Å². The van der Waals surface area contributed by atoms with Crippen molar-refractivity contribution in [2.45, 2.75) is 19.4 Å². The van der Waals surface area contributed by atoms with Crippen LogP contribution < -0.4 is 5.32 Å². The van der Waals surface area contributed by atoms with Crippen LogP contribution >= 0.6 is 0 Å². The third-order valence-corrected chi connectivity index (χ3v) is 2.78. The van der Waals surface area contributed by atoms with E-state index >= 15 is 0 Å². The number of anilines is 1. The molecule has 0 saturated heterocycles. The summed E-state index contributed by atoms with van der Waals surface area (Å²) in [5.41, 5.74) is 0.537. The summed E-state index contributed by atoms with van der Waals surface area (Å²) in [4.78, 5) is 25.1. The Morgan fingerprint density at radius 3 is 2.43 bits per heavy atom. The van der Waals surface area contributed by atoms with Crippen LogP contribution in [0.2, 0.25) is 0 Å². The Morgan fingerprint density at radius 1 is 1.29 bits per heavy atom. The number of carbonyl (C=O) groups excluding carboxylic acids is 2. The summed E-state index contributed by atoms with van der Waals surface area (Å²) < 4.78 is 4.78. The van der Waals surface area contributed by atoms with Gasteiger partial charge in [-0.1, -0.05) is 18.2 Å². The lowest BCUT2D eigenvalue weighted by atomic mass is 10.1. The van der Waals surface area contributed by atoms with Crippen molar-refractivity contribution in [2.75, 3.05) is 26.0 Å². The van der Waals surface area contributed by atoms with Gasteiger partial charge >= 0.3 is 5.97 Å². The highest BCUT2D eigenvalue weighted by Gasteiger charge is 2.25. The summed E-state index contributed by atoms with van der Waals surface area (Å²) in [6.07, 6.45) is -0.0231. The molecule has 0 aromatic heterocycles. The Balaban J connectivity index is 2.80. The Morgan fingerprint density at radius 2 is 1.90 bits per heavy atom. The zero-order chi connectivity index (χ0) is 15.8. The average Bonchev–Trinajstić information content (AvgIpc) is 2.46. The molecule has 0 bridgehead atoms. The van der Waals surface area contributed by atoms with Gasteiger partial charge in [0.05, 0.1) is 6.61 Å². The van der Waals surface area contributed by atoms with Crippen LogP contribution in [0.5, 0.6) is 0 Å². The third kappa shape index (κ3) is 5.25. The lowest BCUT2D eigenvalue weighted by Crippen LogP contribution is -2.41. The first-order valence-electron chi connectivity index (χ1n) is 6.73. The van der Waals surface area contributed by atoms with E-state index in [1.807, 2.05) is 30.3 Å². The first kappa shape index (κ1) is 16.7. The number of esters is 1. The molecule has 21 heavy (non-hydrogen) atoms. The molecule has 1 atom stereocenters. The Kier molecular flexibility index (Phi) is 6.39. The molecule has 6 heteroatoms. The lowest BCUT2D eigenvalue weighted by molar-refractivity contribution is -0.135. The van der Waals surface area contributed by atoms with Crippen LogP contribution in [-0.4, -0.2) is 49.2 Å². The summed E-state index contributed by atoms with van der Waals surface area (Å²) in [5.74, 6) is -0.892. The maximum absolute atomic E-state index is 12.2. The number of likely N-dealkylation sites (N-methyl/N-ethyl adjacent to an activating group) is 1. The van der Waals surface area contributed by atoms with Gasteiger partial charge in [-0.05, 0) is 19.1 Å². The van der Waals surface area contributed by atoms with Crippen molar-refractivity contribution in [2.24, 2.45) is 0 Å². The monoisotopic (exact) mass is 291 g/mol. The van der Waals surface area contributed by atoms with E-state index in [1.165, 1.54) is 4.90 Å². The molecule has 0 saturated carbocycles. The van der Waals surface area contributed by atoms with Gasteiger partial charge in [0.1, 0.15) is 11.8 Å². The lowest BCUT2D eigenvalue weighted by Gasteiger charge is -2.22. The largest absolute Gasteiger partial charge is 0.462 e. The minimum absolute atomic E-state index is 0.0231. The van der Waals surface area contributed by atoms with Crippen molar-refractivity contribution >= 4 is 23.3 Å². The van der Waals surface area contributed by atoms with Gasteiger partial charge in [-0.3, -0.25) is 10.2 Å². The fourth-order valence-electron chi connectivity index (χ4n) is 1.75. The first-order valence-corrected chi connectivity index (χ1v) is 6.73. The SMILES string of the molecule is CCOC(=O)C(=N)CC(Nc1ccccc1)C(=O)N(C)C. The zero-order valence-corrected chi connectivity index (χ0v) is 12.6. The topological polar surface area (TPSA) is 82.5 Å². The molecule has 1 amide bonds. The molecule has 1 unspecified atom stereocenters. The quantitative estimate of drug-likeness (QED) is 0.589. The van der Waals surface area contributed by atoms with E-state index in [2.05, 4.69) is 5.32 Å². The van der Waals surface area contributed by atoms with Crippen LogP contribution in [0.1, 0.15) is 13.3 Å². The number of hydrogen-bond acceptors (Lipinski definition) is 5. The predicted molar refractivity (Wildman–Crippen MR) is 81.5 cm³/mol. The molecule has 0 radical (unpaired) electrons. The molecule has 0 spiro atoms. The van der Waals surface area contributed by atoms with Crippen molar-refractivity contribution in [3.05, 3.63) is 30.3 Å². The number of para-hydroxylation sites is 1. The smallest absolute Gasteiger partial charge is 0.352 e. The fraction of sp³-hybridized carbons (Fsp3) is 0.400. The van der Waals surface area contributed by atoms with Crippen molar-refractivity contribution in [3.63, 3.8) is 0 Å². The van der Waals surface area contributed by atoms with Crippen LogP contribution in [0.15, 0.2) is 30.3 Å². The third-order valence-electron chi connectivity index (χ3n) is 2.78. The minimum atomic E-state index is -0.691. The van der Waals surface area contributed by atoms with E-state index in [4.69, 9.17) is 10.1 Å². The van der Waals surface area contributed by atoms with Gasteiger partial charge in [0.2, 0.25) is 5.91 Å². The van der Waals surface area contributed by atoms with E-state index < -0.39 is 12.0 Å². The number of hydrogen-bond donors (Lipinski definition) is 2. The van der Waals surface area contributed by atoms with Gasteiger partial charge in [0.15, 0.2) is 0 Å². The molecule has 0 aliphatic rings. The second kappa shape index (κ2) is 8.04. The van der Waals surface area contributed by atoms with Gasteiger partial charge in [0, 0.05) is 26.2 Å². The van der Waals surface area contributed by atoms with E-state index in [9.17, 15) is 9.59 Å². The molecule has 6 nitrogen and oxygen atoms in total. The normalized spacial score (nSPS) is 11.4. The van der Waals surface area contributed by atoms with E-state index in [0.717, 1.165) is 5.69 Å². The van der Waals surface area contributed by atoms with Gasteiger partial charge in [-0.2, -0.15) is 0 Å². The highest BCUT2D eigenvalue weighted by molar-refractivity contribution is 6.35. The number of nitrogens with zero attached hydrogens (tertiary/aromatic N) is 1. The van der Waals surface area contributed by atoms with Crippen LogP contribution in [0.4, 0.5) is 5.69 Å². The maximum atomic E-state index is 12.2. The second-order valence-electron chi connectivity index (χ2n) is 4.70. The highest BCUT2D eigenvalue weighted by Crippen LogP contribution is 2.11. The maximum Gasteiger partial charge on any atom is 0.352 e. The van der Waals surface area contributed by atoms with Crippen LogP contribution in [0.3, 0.4) is 0 Å². The molecular formula is C15H21N3O3. The number of amides is 1. The minimum Gasteiger partial charge on any atom is -0.462 e. The molecule has 1 rings (SSSR count). The summed E-state index contributed by atoms with van der Waals surface area (Å²) in [7, 11) is 3.27. The number of ether oxygens (including phenoxy) is 1. The molecule has 2 N–H and O–H groups in total. The van der Waals surface area contributed by atoms with E-state index in [-0.39, 0.29) is 24.6 Å². The fourth-order valence-corrected chi connectivity index (χ4v) is 1.75. The molecule has 0 aliphatic carbocycles. The summed E-state index contributed by atoms with van der Waals surface area (Å²) in [5, 5.41) is 10.8. The van der Waals surface area contributed by atoms with Gasteiger partial charge in [-0.15, -0.1) is 0 Å².